The van der Waals surface area contributed by atoms with Gasteiger partial charge in [0.25, 0.3) is 5.91 Å². The van der Waals surface area contributed by atoms with Crippen LogP contribution in [-0.2, 0) is 11.8 Å². The summed E-state index contributed by atoms with van der Waals surface area (Å²) in [6.45, 7) is 4.10. The summed E-state index contributed by atoms with van der Waals surface area (Å²) in [5.41, 5.74) is 2.04. The number of rotatable bonds is 8. The van der Waals surface area contributed by atoms with Crippen LogP contribution in [0, 0.1) is 6.92 Å². The molecule has 138 valence electrons. The van der Waals surface area contributed by atoms with Gasteiger partial charge in [0, 0.05) is 19.8 Å². The number of carbonyl (C=O) groups excluding carboxylic acids is 2. The summed E-state index contributed by atoms with van der Waals surface area (Å²) in [7, 11) is 3.30. The molecule has 0 aliphatic rings. The van der Waals surface area contributed by atoms with Crippen LogP contribution in [0.25, 0.3) is 6.08 Å². The van der Waals surface area contributed by atoms with Gasteiger partial charge in [-0.25, -0.2) is 0 Å². The number of nitrogens with zero attached hydrogens (tertiary/aromatic N) is 2. The highest BCUT2D eigenvalue weighted by molar-refractivity contribution is 6.07. The van der Waals surface area contributed by atoms with Crippen molar-refractivity contribution in [1.29, 1.82) is 0 Å². The third-order valence-electron chi connectivity index (χ3n) is 3.63. The molecule has 0 spiro atoms. The second-order valence-electron chi connectivity index (χ2n) is 5.65. The fourth-order valence-corrected chi connectivity index (χ4v) is 2.40. The second-order valence-corrected chi connectivity index (χ2v) is 5.65. The number of ketones is 1. The minimum Gasteiger partial charge on any atom is -0.493 e. The smallest absolute Gasteiger partial charge is 0.257 e. The number of likely N-dealkylation sites (N-methyl/N-ethyl adjacent to an activating group) is 1. The molecular formula is C19H23N3O4. The van der Waals surface area contributed by atoms with Gasteiger partial charge < -0.3 is 14.8 Å². The van der Waals surface area contributed by atoms with E-state index in [1.807, 2.05) is 6.92 Å². The van der Waals surface area contributed by atoms with Gasteiger partial charge in [0.05, 0.1) is 18.4 Å². The summed E-state index contributed by atoms with van der Waals surface area (Å²) in [5, 5.41) is 6.83. The number of carbonyl (C=O) groups is 2. The van der Waals surface area contributed by atoms with E-state index in [2.05, 4.69) is 10.4 Å². The number of hydrogen-bond donors (Lipinski definition) is 1. The summed E-state index contributed by atoms with van der Waals surface area (Å²) in [6.07, 6.45) is 4.89. The van der Waals surface area contributed by atoms with E-state index in [1.165, 1.54) is 13.2 Å². The molecule has 0 fully saturated rings. The molecule has 26 heavy (non-hydrogen) atoms. The molecule has 1 heterocycles. The molecule has 7 nitrogen and oxygen atoms in total. The Labute approximate surface area is 152 Å². The van der Waals surface area contributed by atoms with Crippen molar-refractivity contribution in [3.63, 3.8) is 0 Å². The Balaban J connectivity index is 2.09. The Hall–Kier alpha value is -3.09. The van der Waals surface area contributed by atoms with Crippen molar-refractivity contribution in [2.75, 3.05) is 20.3 Å². The molecule has 1 aromatic carbocycles. The molecule has 0 bridgehead atoms. The number of methoxy groups -OCH3 is 1. The van der Waals surface area contributed by atoms with Crippen molar-refractivity contribution >= 4 is 17.8 Å². The maximum absolute atomic E-state index is 12.3. The molecule has 1 amide bonds. The lowest BCUT2D eigenvalue weighted by molar-refractivity contribution is -0.123. The monoisotopic (exact) mass is 357 g/mol. The molecule has 2 aromatic rings. The van der Waals surface area contributed by atoms with Crippen molar-refractivity contribution < 1.29 is 19.1 Å². The Bertz CT molecular complexity index is 824. The Morgan fingerprint density at radius 2 is 2.08 bits per heavy atom. The van der Waals surface area contributed by atoms with Crippen LogP contribution in [0.3, 0.4) is 0 Å². The number of nitrogens with one attached hydrogen (secondary N) is 1. The number of ether oxygens (including phenoxy) is 2. The fourth-order valence-electron chi connectivity index (χ4n) is 2.40. The van der Waals surface area contributed by atoms with Crippen molar-refractivity contribution in [2.24, 2.45) is 7.05 Å². The maximum atomic E-state index is 12.3. The first-order valence-electron chi connectivity index (χ1n) is 8.24. The van der Waals surface area contributed by atoms with E-state index >= 15 is 0 Å². The van der Waals surface area contributed by atoms with E-state index in [-0.39, 0.29) is 18.3 Å². The van der Waals surface area contributed by atoms with E-state index < -0.39 is 0 Å². The van der Waals surface area contributed by atoms with Crippen LogP contribution in [-0.4, -0.2) is 41.7 Å². The average molecular weight is 357 g/mol. The molecule has 0 saturated carbocycles. The number of amides is 1. The van der Waals surface area contributed by atoms with E-state index in [9.17, 15) is 9.59 Å². The summed E-state index contributed by atoms with van der Waals surface area (Å²) in [6, 6.07) is 5.24. The van der Waals surface area contributed by atoms with Gasteiger partial charge in [-0.3, -0.25) is 14.3 Å². The molecule has 0 aliphatic carbocycles. The van der Waals surface area contributed by atoms with Gasteiger partial charge in [-0.1, -0.05) is 12.1 Å². The van der Waals surface area contributed by atoms with Gasteiger partial charge in [-0.05, 0) is 37.6 Å². The minimum absolute atomic E-state index is 0.0852. The Morgan fingerprint density at radius 1 is 1.31 bits per heavy atom. The predicted octanol–water partition coefficient (Wildman–Crippen LogP) is 2.15. The summed E-state index contributed by atoms with van der Waals surface area (Å²) >= 11 is 0. The number of benzene rings is 1. The average Bonchev–Trinajstić information content (AvgIpc) is 2.96. The summed E-state index contributed by atoms with van der Waals surface area (Å²) in [5.74, 6) is 0.633. The number of aryl methyl sites for hydroxylation is 2. The van der Waals surface area contributed by atoms with E-state index in [1.54, 1.807) is 49.1 Å². The van der Waals surface area contributed by atoms with Gasteiger partial charge in [0.1, 0.15) is 0 Å². The second kappa shape index (κ2) is 8.84. The Kier molecular flexibility index (Phi) is 6.54. The Morgan fingerprint density at radius 3 is 2.69 bits per heavy atom. The molecule has 7 heteroatoms. The highest BCUT2D eigenvalue weighted by atomic mass is 16.5. The molecule has 0 unspecified atom stereocenters. The molecule has 0 aliphatic heterocycles. The van der Waals surface area contributed by atoms with Crippen molar-refractivity contribution in [3.05, 3.63) is 47.3 Å². The molecule has 0 radical (unpaired) electrons. The molecule has 2 rings (SSSR count). The SMILES string of the molecule is CCNC(=O)COc1ccc(/C=C/C(=O)c2cn(C)nc2C)cc1OC. The first-order valence-corrected chi connectivity index (χ1v) is 8.24. The first-order chi connectivity index (χ1) is 12.4. The third kappa shape index (κ3) is 4.95. The summed E-state index contributed by atoms with van der Waals surface area (Å²) in [4.78, 5) is 23.8. The number of aromatic nitrogens is 2. The van der Waals surface area contributed by atoms with Crippen LogP contribution in [0.1, 0.15) is 28.5 Å². The highest BCUT2D eigenvalue weighted by Gasteiger charge is 2.10. The van der Waals surface area contributed by atoms with Crippen LogP contribution in [0.4, 0.5) is 0 Å². The number of allylic oxidation sites excluding steroid dienone is 1. The lowest BCUT2D eigenvalue weighted by Gasteiger charge is -2.11. The van der Waals surface area contributed by atoms with E-state index in [4.69, 9.17) is 9.47 Å². The van der Waals surface area contributed by atoms with Gasteiger partial charge in [-0.2, -0.15) is 5.10 Å². The molecule has 0 saturated heterocycles. The topological polar surface area (TPSA) is 82.5 Å². The highest BCUT2D eigenvalue weighted by Crippen LogP contribution is 2.28. The molecular weight excluding hydrogens is 334 g/mol. The van der Waals surface area contributed by atoms with Crippen LogP contribution in [0.15, 0.2) is 30.5 Å². The fraction of sp³-hybridized carbons (Fsp3) is 0.316. The standard InChI is InChI=1S/C19H23N3O4/c1-5-20-19(24)12-26-17-9-7-14(10-18(17)25-4)6-8-16(23)15-11-22(3)21-13(15)2/h6-11H,5,12H2,1-4H3,(H,20,24)/b8-6+. The molecule has 1 N–H and O–H groups in total. The quantitative estimate of drug-likeness (QED) is 0.578. The molecule has 1 aromatic heterocycles. The zero-order valence-corrected chi connectivity index (χ0v) is 15.4. The number of hydrogen-bond acceptors (Lipinski definition) is 5. The van der Waals surface area contributed by atoms with E-state index in [0.717, 1.165) is 5.56 Å². The van der Waals surface area contributed by atoms with Gasteiger partial charge in [0.15, 0.2) is 23.9 Å². The first kappa shape index (κ1) is 19.2. The van der Waals surface area contributed by atoms with Gasteiger partial charge in [0.2, 0.25) is 0 Å². The van der Waals surface area contributed by atoms with Gasteiger partial charge in [-0.15, -0.1) is 0 Å². The van der Waals surface area contributed by atoms with Crippen LogP contribution < -0.4 is 14.8 Å². The van der Waals surface area contributed by atoms with Crippen molar-refractivity contribution in [3.8, 4) is 11.5 Å². The van der Waals surface area contributed by atoms with Crippen LogP contribution >= 0.6 is 0 Å². The lowest BCUT2D eigenvalue weighted by atomic mass is 10.1. The normalized spacial score (nSPS) is 10.8. The zero-order valence-electron chi connectivity index (χ0n) is 15.4. The van der Waals surface area contributed by atoms with Crippen LogP contribution in [0.5, 0.6) is 11.5 Å². The van der Waals surface area contributed by atoms with Crippen molar-refractivity contribution in [2.45, 2.75) is 13.8 Å². The largest absolute Gasteiger partial charge is 0.493 e. The maximum Gasteiger partial charge on any atom is 0.257 e. The molecule has 0 atom stereocenters. The minimum atomic E-state index is -0.198. The van der Waals surface area contributed by atoms with Crippen molar-refractivity contribution in [1.82, 2.24) is 15.1 Å². The van der Waals surface area contributed by atoms with Crippen LogP contribution in [0.2, 0.25) is 0 Å². The third-order valence-corrected chi connectivity index (χ3v) is 3.63. The zero-order chi connectivity index (χ0) is 19.1. The van der Waals surface area contributed by atoms with Gasteiger partial charge >= 0.3 is 0 Å². The summed E-state index contributed by atoms with van der Waals surface area (Å²) < 4.78 is 12.4. The van der Waals surface area contributed by atoms with E-state index in [0.29, 0.717) is 29.3 Å². The predicted molar refractivity (Wildman–Crippen MR) is 98.5 cm³/mol. The lowest BCUT2D eigenvalue weighted by Crippen LogP contribution is -2.28.